The lowest BCUT2D eigenvalue weighted by molar-refractivity contribution is 0.0851. The maximum absolute atomic E-state index is 8.46. The molecule has 1 fully saturated rings. The van der Waals surface area contributed by atoms with E-state index in [0.29, 0.717) is 29.1 Å². The number of nitrogens with one attached hydrogen (secondary N) is 1. The van der Waals surface area contributed by atoms with Crippen LogP contribution < -0.4 is 11.1 Å². The molecule has 1 saturated carbocycles. The van der Waals surface area contributed by atoms with Crippen molar-refractivity contribution in [2.24, 2.45) is 21.7 Å². The fraction of sp³-hybridized carbons (Fsp3) is 0.933. The molecule has 0 heterocycles. The lowest BCUT2D eigenvalue weighted by atomic mass is 9.63. The van der Waals surface area contributed by atoms with Crippen LogP contribution in [0.25, 0.3) is 0 Å². The smallest absolute Gasteiger partial charge is 0.139 e. The van der Waals surface area contributed by atoms with Crippen molar-refractivity contribution in [3.05, 3.63) is 0 Å². The summed E-state index contributed by atoms with van der Waals surface area (Å²) in [6.45, 7) is 10.5. The van der Waals surface area contributed by atoms with E-state index in [0.717, 1.165) is 19.4 Å². The van der Waals surface area contributed by atoms with E-state index in [-0.39, 0.29) is 0 Å². The minimum absolute atomic E-state index is 0.333. The predicted octanol–water partition coefficient (Wildman–Crippen LogP) is 3.10. The number of oxime groups is 1. The zero-order valence-corrected chi connectivity index (χ0v) is 13.0. The molecule has 112 valence electrons. The molecule has 0 radical (unpaired) electrons. The van der Waals surface area contributed by atoms with Crippen LogP contribution in [-0.4, -0.2) is 23.6 Å². The lowest BCUT2D eigenvalue weighted by Gasteiger charge is -2.45. The highest BCUT2D eigenvalue weighted by Gasteiger charge is 2.37. The van der Waals surface area contributed by atoms with Gasteiger partial charge < -0.3 is 16.3 Å². The highest BCUT2D eigenvalue weighted by molar-refractivity contribution is 5.79. The number of unbranched alkanes of at least 4 members (excludes halogenated alkanes) is 1. The van der Waals surface area contributed by atoms with Gasteiger partial charge in [-0.25, -0.2) is 0 Å². The second kappa shape index (κ2) is 6.60. The minimum atomic E-state index is 0.333. The largest absolute Gasteiger partial charge is 0.409 e. The van der Waals surface area contributed by atoms with Crippen LogP contribution in [0.3, 0.4) is 0 Å². The van der Waals surface area contributed by atoms with Crippen LogP contribution in [-0.2, 0) is 0 Å². The Morgan fingerprint density at radius 2 is 1.79 bits per heavy atom. The van der Waals surface area contributed by atoms with E-state index in [2.05, 4.69) is 38.2 Å². The van der Waals surface area contributed by atoms with Crippen LogP contribution in [0.15, 0.2) is 5.16 Å². The summed E-state index contributed by atoms with van der Waals surface area (Å²) in [6, 6.07) is 0.627. The van der Waals surface area contributed by atoms with Crippen LogP contribution in [0.2, 0.25) is 0 Å². The third-order valence-corrected chi connectivity index (χ3v) is 3.98. The number of hydrogen-bond donors (Lipinski definition) is 3. The zero-order chi connectivity index (χ0) is 14.5. The molecule has 0 spiro atoms. The van der Waals surface area contributed by atoms with Gasteiger partial charge in [0.05, 0.1) is 0 Å². The van der Waals surface area contributed by atoms with E-state index >= 15 is 0 Å². The zero-order valence-electron chi connectivity index (χ0n) is 13.0. The summed E-state index contributed by atoms with van der Waals surface area (Å²) < 4.78 is 0. The predicted molar refractivity (Wildman–Crippen MR) is 80.5 cm³/mol. The quantitative estimate of drug-likeness (QED) is 0.228. The van der Waals surface area contributed by atoms with E-state index in [1.54, 1.807) is 0 Å². The standard InChI is InChI=1S/C15H31N3O/c1-14(2)9-12(10-15(3,4)11-14)17-8-6-5-7-13(16)18-19/h12,17,19H,5-11H2,1-4H3,(H2,16,18). The summed E-state index contributed by atoms with van der Waals surface area (Å²) in [4.78, 5) is 0. The van der Waals surface area contributed by atoms with Crippen molar-refractivity contribution >= 4 is 5.84 Å². The van der Waals surface area contributed by atoms with Gasteiger partial charge in [-0.15, -0.1) is 0 Å². The molecule has 0 aromatic heterocycles. The molecule has 1 aliphatic rings. The first kappa shape index (κ1) is 16.3. The molecular weight excluding hydrogens is 238 g/mol. The van der Waals surface area contributed by atoms with E-state index in [9.17, 15) is 0 Å². The van der Waals surface area contributed by atoms with E-state index < -0.39 is 0 Å². The molecule has 4 nitrogen and oxygen atoms in total. The molecule has 4 heteroatoms. The first-order valence-corrected chi connectivity index (χ1v) is 7.44. The lowest BCUT2D eigenvalue weighted by Crippen LogP contribution is -2.44. The van der Waals surface area contributed by atoms with Gasteiger partial charge in [0.2, 0.25) is 0 Å². The Kier molecular flexibility index (Phi) is 5.65. The Morgan fingerprint density at radius 3 is 2.32 bits per heavy atom. The second-order valence-corrected chi connectivity index (χ2v) is 7.61. The molecule has 1 rings (SSSR count). The molecule has 0 aliphatic heterocycles. The first-order chi connectivity index (χ1) is 8.74. The number of hydrogen-bond acceptors (Lipinski definition) is 3. The number of amidine groups is 1. The normalized spacial score (nSPS) is 23.5. The third-order valence-electron chi connectivity index (χ3n) is 3.98. The second-order valence-electron chi connectivity index (χ2n) is 7.61. The maximum atomic E-state index is 8.46. The Labute approximate surface area is 117 Å². The summed E-state index contributed by atoms with van der Waals surface area (Å²) >= 11 is 0. The molecule has 19 heavy (non-hydrogen) atoms. The summed E-state index contributed by atoms with van der Waals surface area (Å²) in [5.41, 5.74) is 6.32. The van der Waals surface area contributed by atoms with Gasteiger partial charge in [0.25, 0.3) is 0 Å². The topological polar surface area (TPSA) is 70.6 Å². The van der Waals surface area contributed by atoms with Gasteiger partial charge in [-0.1, -0.05) is 32.9 Å². The van der Waals surface area contributed by atoms with Gasteiger partial charge >= 0.3 is 0 Å². The van der Waals surface area contributed by atoms with Crippen molar-refractivity contribution < 1.29 is 5.21 Å². The molecule has 0 unspecified atom stereocenters. The van der Waals surface area contributed by atoms with Crippen LogP contribution in [0.5, 0.6) is 0 Å². The number of nitrogens with two attached hydrogens (primary N) is 1. The van der Waals surface area contributed by atoms with Crippen molar-refractivity contribution in [1.82, 2.24) is 5.32 Å². The molecule has 0 amide bonds. The Morgan fingerprint density at radius 1 is 1.21 bits per heavy atom. The van der Waals surface area contributed by atoms with Gasteiger partial charge in [0, 0.05) is 12.5 Å². The van der Waals surface area contributed by atoms with Crippen LogP contribution in [0.4, 0.5) is 0 Å². The van der Waals surface area contributed by atoms with Crippen molar-refractivity contribution in [3.8, 4) is 0 Å². The van der Waals surface area contributed by atoms with Gasteiger partial charge in [0.15, 0.2) is 0 Å². The van der Waals surface area contributed by atoms with Crippen LogP contribution in [0.1, 0.15) is 66.2 Å². The van der Waals surface area contributed by atoms with Crippen molar-refractivity contribution in [1.29, 1.82) is 0 Å². The fourth-order valence-electron chi connectivity index (χ4n) is 3.78. The first-order valence-electron chi connectivity index (χ1n) is 7.44. The molecule has 0 aromatic carbocycles. The number of nitrogens with zero attached hydrogens (tertiary/aromatic N) is 1. The fourth-order valence-corrected chi connectivity index (χ4v) is 3.78. The Bertz CT molecular complexity index is 295. The molecule has 0 aromatic rings. The maximum Gasteiger partial charge on any atom is 0.139 e. The molecule has 4 N–H and O–H groups in total. The highest BCUT2D eigenvalue weighted by Crippen LogP contribution is 2.45. The summed E-state index contributed by atoms with van der Waals surface area (Å²) in [5.74, 6) is 0.333. The van der Waals surface area contributed by atoms with E-state index in [4.69, 9.17) is 10.9 Å². The third kappa shape index (κ3) is 6.28. The van der Waals surface area contributed by atoms with E-state index in [1.807, 2.05) is 0 Å². The van der Waals surface area contributed by atoms with Crippen molar-refractivity contribution in [2.45, 2.75) is 72.3 Å². The average Bonchev–Trinajstić information content (AvgIpc) is 2.24. The average molecular weight is 269 g/mol. The van der Waals surface area contributed by atoms with Gasteiger partial charge in [-0.2, -0.15) is 0 Å². The summed E-state index contributed by atoms with van der Waals surface area (Å²) in [7, 11) is 0. The van der Waals surface area contributed by atoms with E-state index in [1.165, 1.54) is 19.3 Å². The molecule has 0 atom stereocenters. The molecular formula is C15H31N3O. The highest BCUT2D eigenvalue weighted by atomic mass is 16.4. The molecule has 0 bridgehead atoms. The Balaban J connectivity index is 2.25. The van der Waals surface area contributed by atoms with Gasteiger partial charge in [0.1, 0.15) is 5.84 Å². The number of rotatable bonds is 6. The monoisotopic (exact) mass is 269 g/mol. The van der Waals surface area contributed by atoms with Gasteiger partial charge in [-0.05, 0) is 49.5 Å². The summed E-state index contributed by atoms with van der Waals surface area (Å²) in [6.07, 6.45) is 6.56. The SMILES string of the molecule is CC1(C)CC(NCCCCC(N)=NO)CC(C)(C)C1. The van der Waals surface area contributed by atoms with Crippen molar-refractivity contribution in [2.75, 3.05) is 6.54 Å². The van der Waals surface area contributed by atoms with Crippen molar-refractivity contribution in [3.63, 3.8) is 0 Å². The summed E-state index contributed by atoms with van der Waals surface area (Å²) in [5, 5.41) is 15.1. The molecule has 0 saturated heterocycles. The van der Waals surface area contributed by atoms with Gasteiger partial charge in [-0.3, -0.25) is 0 Å². The Hall–Kier alpha value is -0.770. The molecule has 1 aliphatic carbocycles. The van der Waals surface area contributed by atoms with Crippen LogP contribution in [0, 0.1) is 10.8 Å². The van der Waals surface area contributed by atoms with Crippen LogP contribution >= 0.6 is 0 Å². The minimum Gasteiger partial charge on any atom is -0.409 e.